The number of nitrogen functional groups attached to an aromatic ring is 1. The van der Waals surface area contributed by atoms with Gasteiger partial charge < -0.3 is 11.1 Å². The lowest BCUT2D eigenvalue weighted by Crippen LogP contribution is -1.95. The Hall–Kier alpha value is -2.55. The van der Waals surface area contributed by atoms with Crippen molar-refractivity contribution >= 4 is 28.0 Å². The van der Waals surface area contributed by atoms with E-state index in [4.69, 9.17) is 5.73 Å². The molecular formula is C16H15N3. The summed E-state index contributed by atoms with van der Waals surface area (Å²) in [6.07, 6.45) is 0. The van der Waals surface area contributed by atoms with Crippen molar-refractivity contribution < 1.29 is 0 Å². The molecule has 1 aromatic heterocycles. The van der Waals surface area contributed by atoms with Crippen LogP contribution in [0.1, 0.15) is 5.69 Å². The van der Waals surface area contributed by atoms with E-state index in [1.165, 1.54) is 0 Å². The maximum Gasteiger partial charge on any atom is 0.0939 e. The van der Waals surface area contributed by atoms with Crippen molar-refractivity contribution in [3.05, 3.63) is 60.3 Å². The van der Waals surface area contributed by atoms with Crippen LogP contribution in [0, 0.1) is 6.92 Å². The molecule has 3 nitrogen and oxygen atoms in total. The van der Waals surface area contributed by atoms with E-state index in [2.05, 4.69) is 22.4 Å². The first-order chi connectivity index (χ1) is 9.22. The normalized spacial score (nSPS) is 10.6. The molecule has 0 aliphatic rings. The maximum atomic E-state index is 5.79. The van der Waals surface area contributed by atoms with E-state index in [1.807, 2.05) is 49.4 Å². The Kier molecular flexibility index (Phi) is 2.80. The van der Waals surface area contributed by atoms with Gasteiger partial charge in [0.2, 0.25) is 0 Å². The average molecular weight is 249 g/mol. The summed E-state index contributed by atoms with van der Waals surface area (Å²) in [7, 11) is 0. The number of nitrogens with zero attached hydrogens (tertiary/aromatic N) is 1. The highest BCUT2D eigenvalue weighted by Crippen LogP contribution is 2.25. The molecule has 3 aromatic rings. The number of hydrogen-bond acceptors (Lipinski definition) is 3. The van der Waals surface area contributed by atoms with Gasteiger partial charge >= 0.3 is 0 Å². The highest BCUT2D eigenvalue weighted by atomic mass is 14.9. The van der Waals surface area contributed by atoms with E-state index in [-0.39, 0.29) is 0 Å². The van der Waals surface area contributed by atoms with Crippen LogP contribution in [0.5, 0.6) is 0 Å². The number of hydrogen-bond donors (Lipinski definition) is 2. The lowest BCUT2D eigenvalue weighted by atomic mass is 10.1. The van der Waals surface area contributed by atoms with Gasteiger partial charge in [0, 0.05) is 22.5 Å². The summed E-state index contributed by atoms with van der Waals surface area (Å²) < 4.78 is 0. The molecule has 0 radical (unpaired) electrons. The second-order valence-corrected chi connectivity index (χ2v) is 4.58. The smallest absolute Gasteiger partial charge is 0.0939 e. The van der Waals surface area contributed by atoms with Crippen LogP contribution in [0.3, 0.4) is 0 Å². The number of para-hydroxylation sites is 1. The Morgan fingerprint density at radius 1 is 1.00 bits per heavy atom. The van der Waals surface area contributed by atoms with Crippen LogP contribution in [-0.4, -0.2) is 4.98 Å². The van der Waals surface area contributed by atoms with Crippen molar-refractivity contribution in [2.45, 2.75) is 6.92 Å². The first-order valence-electron chi connectivity index (χ1n) is 6.21. The van der Waals surface area contributed by atoms with Gasteiger partial charge in [-0.2, -0.15) is 0 Å². The van der Waals surface area contributed by atoms with Crippen molar-refractivity contribution in [1.29, 1.82) is 0 Å². The third-order valence-corrected chi connectivity index (χ3v) is 3.03. The fraction of sp³-hybridized carbons (Fsp3) is 0.0625. The van der Waals surface area contributed by atoms with Gasteiger partial charge in [-0.3, -0.25) is 4.98 Å². The zero-order valence-corrected chi connectivity index (χ0v) is 10.7. The molecule has 0 unspecified atom stereocenters. The molecule has 0 spiro atoms. The first kappa shape index (κ1) is 11.5. The quantitative estimate of drug-likeness (QED) is 0.678. The Morgan fingerprint density at radius 2 is 1.84 bits per heavy atom. The summed E-state index contributed by atoms with van der Waals surface area (Å²) in [6, 6.07) is 17.9. The summed E-state index contributed by atoms with van der Waals surface area (Å²) >= 11 is 0. The third-order valence-electron chi connectivity index (χ3n) is 3.03. The molecule has 2 aromatic carbocycles. The number of nitrogens with one attached hydrogen (secondary N) is 1. The summed E-state index contributed by atoms with van der Waals surface area (Å²) in [5, 5.41) is 4.50. The van der Waals surface area contributed by atoms with E-state index in [9.17, 15) is 0 Å². The predicted molar refractivity (Wildman–Crippen MR) is 80.6 cm³/mol. The van der Waals surface area contributed by atoms with Crippen molar-refractivity contribution in [2.24, 2.45) is 0 Å². The highest BCUT2D eigenvalue weighted by molar-refractivity contribution is 5.92. The number of benzene rings is 2. The topological polar surface area (TPSA) is 50.9 Å². The van der Waals surface area contributed by atoms with Gasteiger partial charge in [-0.25, -0.2) is 0 Å². The van der Waals surface area contributed by atoms with Crippen molar-refractivity contribution in [3.8, 4) is 0 Å². The predicted octanol–water partition coefficient (Wildman–Crippen LogP) is 3.87. The molecular weight excluding hydrogens is 234 g/mol. The number of fused-ring (bicyclic) bond motifs is 1. The monoisotopic (exact) mass is 249 g/mol. The van der Waals surface area contributed by atoms with Gasteiger partial charge in [-0.1, -0.05) is 24.3 Å². The molecule has 0 bridgehead atoms. The standard InChI is InChI=1S/C16H15N3/c1-11-8-9-12-4-2-7-15(16(12)18-11)19-14-6-3-5-13(17)10-14/h2-10,19H,17H2,1H3. The third kappa shape index (κ3) is 2.36. The Bertz CT molecular complexity index is 735. The van der Waals surface area contributed by atoms with Crippen LogP contribution in [0.25, 0.3) is 10.9 Å². The van der Waals surface area contributed by atoms with E-state index >= 15 is 0 Å². The highest BCUT2D eigenvalue weighted by Gasteiger charge is 2.03. The van der Waals surface area contributed by atoms with E-state index in [0.29, 0.717) is 0 Å². The van der Waals surface area contributed by atoms with Crippen LogP contribution in [0.2, 0.25) is 0 Å². The van der Waals surface area contributed by atoms with Crippen molar-refractivity contribution in [2.75, 3.05) is 11.1 Å². The molecule has 0 aliphatic carbocycles. The number of aromatic nitrogens is 1. The molecule has 19 heavy (non-hydrogen) atoms. The van der Waals surface area contributed by atoms with Crippen molar-refractivity contribution in [1.82, 2.24) is 4.98 Å². The first-order valence-corrected chi connectivity index (χ1v) is 6.21. The van der Waals surface area contributed by atoms with Crippen LogP contribution in [-0.2, 0) is 0 Å². The van der Waals surface area contributed by atoms with Gasteiger partial charge in [-0.05, 0) is 37.3 Å². The van der Waals surface area contributed by atoms with Crippen molar-refractivity contribution in [3.63, 3.8) is 0 Å². The average Bonchev–Trinajstić information content (AvgIpc) is 2.39. The largest absolute Gasteiger partial charge is 0.399 e. The zero-order chi connectivity index (χ0) is 13.2. The molecule has 0 atom stereocenters. The molecule has 3 rings (SSSR count). The number of aryl methyl sites for hydroxylation is 1. The lowest BCUT2D eigenvalue weighted by Gasteiger charge is -2.10. The number of pyridine rings is 1. The summed E-state index contributed by atoms with van der Waals surface area (Å²) in [5.74, 6) is 0. The molecule has 3 N–H and O–H groups in total. The maximum absolute atomic E-state index is 5.79. The van der Waals surface area contributed by atoms with Crippen LogP contribution in [0.15, 0.2) is 54.6 Å². The zero-order valence-electron chi connectivity index (χ0n) is 10.7. The summed E-state index contributed by atoms with van der Waals surface area (Å²) in [4.78, 5) is 4.60. The van der Waals surface area contributed by atoms with E-state index in [0.717, 1.165) is 33.7 Å². The molecule has 0 fully saturated rings. The minimum Gasteiger partial charge on any atom is -0.399 e. The molecule has 3 heteroatoms. The Balaban J connectivity index is 2.07. The van der Waals surface area contributed by atoms with Gasteiger partial charge in [0.15, 0.2) is 0 Å². The second kappa shape index (κ2) is 4.61. The molecule has 0 aliphatic heterocycles. The molecule has 94 valence electrons. The van der Waals surface area contributed by atoms with E-state index in [1.54, 1.807) is 0 Å². The SMILES string of the molecule is Cc1ccc2cccc(Nc3cccc(N)c3)c2n1. The van der Waals surface area contributed by atoms with E-state index < -0.39 is 0 Å². The summed E-state index contributed by atoms with van der Waals surface area (Å²) in [5.41, 5.74) is 10.5. The second-order valence-electron chi connectivity index (χ2n) is 4.58. The Morgan fingerprint density at radius 3 is 2.68 bits per heavy atom. The van der Waals surface area contributed by atoms with Gasteiger partial charge in [0.1, 0.15) is 0 Å². The number of anilines is 3. The fourth-order valence-electron chi connectivity index (χ4n) is 2.12. The number of rotatable bonds is 2. The molecule has 0 saturated heterocycles. The Labute approximate surface area is 112 Å². The van der Waals surface area contributed by atoms with Gasteiger partial charge in [0.25, 0.3) is 0 Å². The number of nitrogens with two attached hydrogens (primary N) is 1. The van der Waals surface area contributed by atoms with Crippen LogP contribution >= 0.6 is 0 Å². The van der Waals surface area contributed by atoms with Crippen LogP contribution < -0.4 is 11.1 Å². The minimum absolute atomic E-state index is 0.745. The van der Waals surface area contributed by atoms with Crippen LogP contribution in [0.4, 0.5) is 17.1 Å². The van der Waals surface area contributed by atoms with Gasteiger partial charge in [0.05, 0.1) is 11.2 Å². The molecule has 0 saturated carbocycles. The van der Waals surface area contributed by atoms with Gasteiger partial charge in [-0.15, -0.1) is 0 Å². The molecule has 0 amide bonds. The molecule has 1 heterocycles. The fourth-order valence-corrected chi connectivity index (χ4v) is 2.12. The summed E-state index contributed by atoms with van der Waals surface area (Å²) in [6.45, 7) is 2.00. The lowest BCUT2D eigenvalue weighted by molar-refractivity contribution is 1.25. The minimum atomic E-state index is 0.745.